The molecule has 7 rings (SSSR count). The molecule has 39 heavy (non-hydrogen) atoms. The molecule has 1 saturated heterocycles. The fourth-order valence-corrected chi connectivity index (χ4v) is 9.24. The molecule has 0 radical (unpaired) electrons. The Morgan fingerprint density at radius 2 is 1.56 bits per heavy atom. The second-order valence-corrected chi connectivity index (χ2v) is 13.7. The van der Waals surface area contributed by atoms with Crippen LogP contribution in [0.3, 0.4) is 0 Å². The van der Waals surface area contributed by atoms with Crippen molar-refractivity contribution in [2.75, 3.05) is 13.1 Å². The number of benzene rings is 1. The molecule has 4 bridgehead atoms. The molecular formula is C33H47N3O3. The maximum atomic E-state index is 14.2. The van der Waals surface area contributed by atoms with Crippen LogP contribution in [0.1, 0.15) is 96.0 Å². The number of nitrogens with zero attached hydrogens (tertiary/aromatic N) is 2. The molecule has 1 aliphatic heterocycles. The van der Waals surface area contributed by atoms with Crippen molar-refractivity contribution in [3.63, 3.8) is 0 Å². The van der Waals surface area contributed by atoms with Crippen LogP contribution in [-0.2, 0) is 20.9 Å². The minimum Gasteiger partial charge on any atom is -0.303 e. The van der Waals surface area contributed by atoms with Gasteiger partial charge in [0.25, 0.3) is 0 Å². The molecular weight excluding hydrogens is 486 g/mol. The summed E-state index contributed by atoms with van der Waals surface area (Å²) in [5.41, 5.74) is 0.807. The highest BCUT2D eigenvalue weighted by molar-refractivity contribution is 6.00. The normalized spacial score (nSPS) is 33.3. The highest BCUT2D eigenvalue weighted by atomic mass is 16.2. The summed E-state index contributed by atoms with van der Waals surface area (Å²) in [5.74, 6) is 2.29. The van der Waals surface area contributed by atoms with Crippen molar-refractivity contribution in [2.45, 2.75) is 115 Å². The molecule has 1 heterocycles. The number of carbonyl (C=O) groups excluding carboxylic acids is 3. The van der Waals surface area contributed by atoms with E-state index in [-0.39, 0.29) is 23.8 Å². The molecule has 0 aromatic heterocycles. The summed E-state index contributed by atoms with van der Waals surface area (Å²) < 4.78 is 0. The second-order valence-electron chi connectivity index (χ2n) is 13.7. The van der Waals surface area contributed by atoms with Gasteiger partial charge in [-0.05, 0) is 101 Å². The van der Waals surface area contributed by atoms with Crippen LogP contribution < -0.4 is 5.32 Å². The Morgan fingerprint density at radius 3 is 2.21 bits per heavy atom. The minimum absolute atomic E-state index is 0.128. The molecule has 0 spiro atoms. The summed E-state index contributed by atoms with van der Waals surface area (Å²) in [6.45, 7) is 3.32. The molecule has 1 aromatic carbocycles. The summed E-state index contributed by atoms with van der Waals surface area (Å²) in [5, 5.41) is 3.54. The Kier molecular flexibility index (Phi) is 7.96. The molecule has 6 aliphatic rings. The van der Waals surface area contributed by atoms with Crippen LogP contribution in [0.5, 0.6) is 0 Å². The number of imide groups is 1. The lowest BCUT2D eigenvalue weighted by Gasteiger charge is -2.56. The van der Waals surface area contributed by atoms with E-state index in [0.29, 0.717) is 18.4 Å². The van der Waals surface area contributed by atoms with E-state index in [2.05, 4.69) is 10.2 Å². The van der Waals surface area contributed by atoms with E-state index in [4.69, 9.17) is 0 Å². The van der Waals surface area contributed by atoms with Gasteiger partial charge in [-0.1, -0.05) is 49.6 Å². The third-order valence-electron chi connectivity index (χ3n) is 10.8. The Balaban J connectivity index is 1.16. The number of likely N-dealkylation sites (tertiary alicyclic amines) is 1. The average Bonchev–Trinajstić information content (AvgIpc) is 3.39. The van der Waals surface area contributed by atoms with Crippen LogP contribution in [0, 0.1) is 23.2 Å². The Bertz CT molecular complexity index is 1010. The maximum absolute atomic E-state index is 14.2. The number of nitrogens with one attached hydrogen (secondary N) is 1. The predicted molar refractivity (Wildman–Crippen MR) is 152 cm³/mol. The largest absolute Gasteiger partial charge is 0.303 e. The Labute approximate surface area is 234 Å². The first-order valence-corrected chi connectivity index (χ1v) is 15.8. The molecule has 212 valence electrons. The lowest BCUT2D eigenvalue weighted by Crippen LogP contribution is -2.56. The predicted octanol–water partition coefficient (Wildman–Crippen LogP) is 5.10. The van der Waals surface area contributed by atoms with E-state index >= 15 is 0 Å². The third kappa shape index (κ3) is 5.74. The zero-order valence-electron chi connectivity index (χ0n) is 23.8. The van der Waals surface area contributed by atoms with Crippen molar-refractivity contribution in [2.24, 2.45) is 23.2 Å². The van der Waals surface area contributed by atoms with Crippen LogP contribution in [-0.4, -0.2) is 58.6 Å². The lowest BCUT2D eigenvalue weighted by atomic mass is 9.48. The van der Waals surface area contributed by atoms with Crippen molar-refractivity contribution in [1.82, 2.24) is 15.1 Å². The summed E-state index contributed by atoms with van der Waals surface area (Å²) in [6, 6.07) is 9.37. The van der Waals surface area contributed by atoms with E-state index in [1.807, 2.05) is 37.3 Å². The zero-order chi connectivity index (χ0) is 27.0. The van der Waals surface area contributed by atoms with Crippen molar-refractivity contribution in [3.8, 4) is 0 Å². The van der Waals surface area contributed by atoms with Gasteiger partial charge in [-0.15, -0.1) is 0 Å². The molecule has 1 aromatic rings. The van der Waals surface area contributed by atoms with Gasteiger partial charge in [-0.25, -0.2) is 0 Å². The van der Waals surface area contributed by atoms with Gasteiger partial charge in [0.1, 0.15) is 0 Å². The minimum atomic E-state index is -0.413. The van der Waals surface area contributed by atoms with Crippen LogP contribution in [0.25, 0.3) is 0 Å². The summed E-state index contributed by atoms with van der Waals surface area (Å²) in [7, 11) is 0. The fourth-order valence-electron chi connectivity index (χ4n) is 9.24. The number of hydrogen-bond acceptors (Lipinski definition) is 5. The number of Topliss-reactive ketones (excluding diaryl/α,β-unsaturated/α-hetero) is 1. The fraction of sp³-hybridized carbons (Fsp3) is 0.727. The first-order chi connectivity index (χ1) is 18.9. The van der Waals surface area contributed by atoms with Crippen molar-refractivity contribution in [3.05, 3.63) is 35.9 Å². The van der Waals surface area contributed by atoms with E-state index in [1.165, 1.54) is 43.4 Å². The van der Waals surface area contributed by atoms with Crippen LogP contribution in [0.15, 0.2) is 30.3 Å². The first kappa shape index (κ1) is 27.1. The molecule has 1 N–H and O–H groups in total. The lowest BCUT2D eigenvalue weighted by molar-refractivity contribution is -0.151. The van der Waals surface area contributed by atoms with Crippen molar-refractivity contribution in [1.29, 1.82) is 0 Å². The summed E-state index contributed by atoms with van der Waals surface area (Å²) in [6.07, 6.45) is 14.6. The van der Waals surface area contributed by atoms with Gasteiger partial charge < -0.3 is 5.32 Å². The quantitative estimate of drug-likeness (QED) is 0.478. The zero-order valence-corrected chi connectivity index (χ0v) is 23.8. The molecule has 2 atom stereocenters. The van der Waals surface area contributed by atoms with Gasteiger partial charge in [0.15, 0.2) is 5.78 Å². The summed E-state index contributed by atoms with van der Waals surface area (Å²) in [4.78, 5) is 45.5. The number of rotatable bonds is 9. The van der Waals surface area contributed by atoms with E-state index in [1.54, 1.807) is 0 Å². The highest BCUT2D eigenvalue weighted by Gasteiger charge is 2.54. The molecule has 6 heteroatoms. The molecule has 0 unspecified atom stereocenters. The first-order valence-electron chi connectivity index (χ1n) is 15.8. The van der Waals surface area contributed by atoms with Gasteiger partial charge >= 0.3 is 0 Å². The van der Waals surface area contributed by atoms with Gasteiger partial charge in [0.2, 0.25) is 11.8 Å². The number of carbonyl (C=O) groups is 3. The average molecular weight is 534 g/mol. The number of ketones is 1. The number of amides is 2. The van der Waals surface area contributed by atoms with E-state index < -0.39 is 12.1 Å². The molecule has 6 fully saturated rings. The van der Waals surface area contributed by atoms with Crippen molar-refractivity contribution >= 4 is 17.6 Å². The van der Waals surface area contributed by atoms with Gasteiger partial charge in [-0.2, -0.15) is 0 Å². The molecule has 2 amide bonds. The number of hydrogen-bond donors (Lipinski definition) is 1. The van der Waals surface area contributed by atoms with Crippen LogP contribution >= 0.6 is 0 Å². The Hall–Kier alpha value is -2.05. The standard InChI is InChI=1S/C33H47N3O3/c1-23(34-28-11-6-3-7-12-28)31(38)36(21-24-9-4-2-5-10-24)32(39)29-13-8-14-35(29)22-30(37)33-18-25-15-26(19-33)17-27(16-25)20-33/h2,4-5,9-10,23,25-29,34H,3,6-8,11-22H2,1H3/t23-,25?,26?,27?,29-,33?/m0/s1. The van der Waals surface area contributed by atoms with Crippen LogP contribution in [0.2, 0.25) is 0 Å². The van der Waals surface area contributed by atoms with E-state index in [0.717, 1.165) is 74.8 Å². The maximum Gasteiger partial charge on any atom is 0.246 e. The molecule has 5 saturated carbocycles. The van der Waals surface area contributed by atoms with Crippen molar-refractivity contribution < 1.29 is 14.4 Å². The second kappa shape index (κ2) is 11.4. The van der Waals surface area contributed by atoms with Crippen LogP contribution in [0.4, 0.5) is 0 Å². The van der Waals surface area contributed by atoms with Gasteiger partial charge in [-0.3, -0.25) is 24.2 Å². The highest BCUT2D eigenvalue weighted by Crippen LogP contribution is 2.60. The molecule has 6 nitrogen and oxygen atoms in total. The van der Waals surface area contributed by atoms with Gasteiger partial charge in [0.05, 0.1) is 25.2 Å². The molecule has 5 aliphatic carbocycles. The topological polar surface area (TPSA) is 69.7 Å². The monoisotopic (exact) mass is 533 g/mol. The van der Waals surface area contributed by atoms with Gasteiger partial charge in [0, 0.05) is 11.5 Å². The SMILES string of the molecule is C[C@H](NC1CCCCC1)C(=O)N(Cc1ccccc1)C(=O)[C@@H]1CCCN1CC(=O)C12CC3CC(CC(C3)C1)C2. The summed E-state index contributed by atoms with van der Waals surface area (Å²) >= 11 is 0. The Morgan fingerprint density at radius 1 is 0.923 bits per heavy atom. The van der Waals surface area contributed by atoms with E-state index in [9.17, 15) is 14.4 Å². The smallest absolute Gasteiger partial charge is 0.246 e. The third-order valence-corrected chi connectivity index (χ3v) is 10.8.